The number of benzene rings is 1. The number of carbonyl (C=O) groups is 1. The Morgan fingerprint density at radius 2 is 1.85 bits per heavy atom. The van der Waals surface area contributed by atoms with Gasteiger partial charge in [-0.25, -0.2) is 4.57 Å². The number of hydrogen-bond donors (Lipinski definition) is 1. The molecular formula is C13H12ClN3O3. The third kappa shape index (κ3) is 3.52. The number of hydrogen-bond acceptors (Lipinski definition) is 4. The van der Waals surface area contributed by atoms with E-state index in [1.54, 1.807) is 29.0 Å². The molecule has 0 unspecified atom stereocenters. The molecule has 0 amide bonds. The average molecular weight is 294 g/mol. The van der Waals surface area contributed by atoms with Crippen molar-refractivity contribution in [3.05, 3.63) is 64.3 Å². The summed E-state index contributed by atoms with van der Waals surface area (Å²) in [6.07, 6.45) is 1.71. The van der Waals surface area contributed by atoms with Gasteiger partial charge in [-0.05, 0) is 18.2 Å². The highest BCUT2D eigenvalue weighted by Gasteiger charge is 2.13. The molecule has 0 saturated carbocycles. The summed E-state index contributed by atoms with van der Waals surface area (Å²) in [5, 5.41) is 10.5. The first-order valence-electron chi connectivity index (χ1n) is 5.59. The Labute approximate surface area is 121 Å². The van der Waals surface area contributed by atoms with Gasteiger partial charge in [0.05, 0.1) is 11.1 Å². The topological polar surface area (TPSA) is 90.1 Å². The molecule has 0 radical (unpaired) electrons. The van der Waals surface area contributed by atoms with Gasteiger partial charge < -0.3 is 12.4 Å². The standard InChI is InChI=1S/C13H11N3O3.ClH/c14-13-3-1-2-8-15(13)9-12(17)10-4-6-11(7-5-10)16(18)19;/h1-8,14H,9H2;1H. The molecule has 1 aromatic carbocycles. The molecule has 0 spiro atoms. The van der Waals surface area contributed by atoms with Crippen LogP contribution in [0.5, 0.6) is 0 Å². The largest absolute Gasteiger partial charge is 1.00 e. The lowest BCUT2D eigenvalue weighted by molar-refractivity contribution is -0.668. The van der Waals surface area contributed by atoms with Gasteiger partial charge in [-0.2, -0.15) is 0 Å². The van der Waals surface area contributed by atoms with Crippen molar-refractivity contribution in [3.63, 3.8) is 0 Å². The predicted molar refractivity (Wildman–Crippen MR) is 68.5 cm³/mol. The first-order chi connectivity index (χ1) is 9.08. The van der Waals surface area contributed by atoms with E-state index in [4.69, 9.17) is 5.73 Å². The zero-order valence-electron chi connectivity index (χ0n) is 10.4. The number of non-ortho nitro benzene ring substituents is 1. The van der Waals surface area contributed by atoms with Crippen molar-refractivity contribution in [1.82, 2.24) is 0 Å². The molecule has 2 rings (SSSR count). The molecule has 0 bridgehead atoms. The number of nitro groups is 1. The number of carbonyl (C=O) groups excluding carboxylic acids is 1. The Kier molecular flexibility index (Phi) is 5.16. The number of nitro benzene ring substituents is 1. The maximum absolute atomic E-state index is 12.0. The normalized spacial score (nSPS) is 9.60. The molecule has 1 heterocycles. The van der Waals surface area contributed by atoms with Crippen LogP contribution in [0.2, 0.25) is 0 Å². The maximum atomic E-state index is 12.0. The Bertz CT molecular complexity index is 629. The number of ketones is 1. The SMILES string of the molecule is Nc1cccc[n+]1CC(=O)c1ccc([N+](=O)[O-])cc1.[Cl-]. The summed E-state index contributed by atoms with van der Waals surface area (Å²) < 4.78 is 1.61. The molecule has 0 aliphatic carbocycles. The van der Waals surface area contributed by atoms with Crippen molar-refractivity contribution in [3.8, 4) is 0 Å². The van der Waals surface area contributed by atoms with Gasteiger partial charge in [-0.1, -0.05) is 6.07 Å². The van der Waals surface area contributed by atoms with E-state index in [2.05, 4.69) is 0 Å². The van der Waals surface area contributed by atoms with Crippen LogP contribution < -0.4 is 22.7 Å². The maximum Gasteiger partial charge on any atom is 0.272 e. The van der Waals surface area contributed by atoms with Crippen LogP contribution in [0.3, 0.4) is 0 Å². The first-order valence-corrected chi connectivity index (χ1v) is 5.59. The fourth-order valence-electron chi connectivity index (χ4n) is 1.65. The number of Topliss-reactive ketones (excluding diaryl/α,β-unsaturated/α-hetero) is 1. The molecular weight excluding hydrogens is 282 g/mol. The minimum absolute atomic E-state index is 0. The van der Waals surface area contributed by atoms with E-state index in [1.165, 1.54) is 24.3 Å². The second-order valence-electron chi connectivity index (χ2n) is 3.98. The van der Waals surface area contributed by atoms with Gasteiger partial charge in [0.15, 0.2) is 6.54 Å². The highest BCUT2D eigenvalue weighted by molar-refractivity contribution is 5.95. The third-order valence-electron chi connectivity index (χ3n) is 2.69. The van der Waals surface area contributed by atoms with Crippen LogP contribution in [0.15, 0.2) is 48.7 Å². The minimum atomic E-state index is -0.502. The van der Waals surface area contributed by atoms with Crippen molar-refractivity contribution >= 4 is 17.3 Å². The third-order valence-corrected chi connectivity index (χ3v) is 2.69. The quantitative estimate of drug-likeness (QED) is 0.317. The zero-order chi connectivity index (χ0) is 13.8. The van der Waals surface area contributed by atoms with Gasteiger partial charge in [0, 0.05) is 23.8 Å². The number of nitrogen functional groups attached to an aromatic ring is 1. The monoisotopic (exact) mass is 293 g/mol. The Morgan fingerprint density at radius 1 is 1.20 bits per heavy atom. The van der Waals surface area contributed by atoms with Crippen LogP contribution in [0.4, 0.5) is 11.5 Å². The smallest absolute Gasteiger partial charge is 0.272 e. The molecule has 0 aliphatic heterocycles. The zero-order valence-corrected chi connectivity index (χ0v) is 11.2. The fraction of sp³-hybridized carbons (Fsp3) is 0.0769. The molecule has 7 heteroatoms. The molecule has 0 fully saturated rings. The van der Waals surface area contributed by atoms with Gasteiger partial charge in [0.1, 0.15) is 0 Å². The summed E-state index contributed by atoms with van der Waals surface area (Å²) in [5.74, 6) is 0.329. The summed E-state index contributed by atoms with van der Waals surface area (Å²) in [7, 11) is 0. The van der Waals surface area contributed by atoms with Crippen molar-refractivity contribution in [2.75, 3.05) is 5.73 Å². The Balaban J connectivity index is 0.00000200. The molecule has 104 valence electrons. The van der Waals surface area contributed by atoms with Crippen LogP contribution in [0.1, 0.15) is 10.4 Å². The van der Waals surface area contributed by atoms with E-state index in [1.807, 2.05) is 0 Å². The molecule has 0 atom stereocenters. The number of aromatic nitrogens is 1. The molecule has 20 heavy (non-hydrogen) atoms. The fourth-order valence-corrected chi connectivity index (χ4v) is 1.65. The minimum Gasteiger partial charge on any atom is -1.00 e. The van der Waals surface area contributed by atoms with Crippen LogP contribution >= 0.6 is 0 Å². The van der Waals surface area contributed by atoms with Gasteiger partial charge >= 0.3 is 0 Å². The molecule has 2 aromatic rings. The van der Waals surface area contributed by atoms with Crippen molar-refractivity contribution in [2.45, 2.75) is 6.54 Å². The summed E-state index contributed by atoms with van der Waals surface area (Å²) >= 11 is 0. The van der Waals surface area contributed by atoms with Crippen molar-refractivity contribution < 1.29 is 26.7 Å². The average Bonchev–Trinajstić information content (AvgIpc) is 2.41. The number of nitrogens with two attached hydrogens (primary N) is 1. The number of rotatable bonds is 4. The van der Waals surface area contributed by atoms with E-state index in [-0.39, 0.29) is 30.4 Å². The van der Waals surface area contributed by atoms with Crippen molar-refractivity contribution in [1.29, 1.82) is 0 Å². The first kappa shape index (κ1) is 15.6. The van der Waals surface area contributed by atoms with E-state index >= 15 is 0 Å². The molecule has 1 aromatic heterocycles. The number of nitrogens with zero attached hydrogens (tertiary/aromatic N) is 2. The number of pyridine rings is 1. The number of anilines is 1. The van der Waals surface area contributed by atoms with E-state index < -0.39 is 4.92 Å². The summed E-state index contributed by atoms with van der Waals surface area (Å²) in [6, 6.07) is 10.8. The molecule has 0 saturated heterocycles. The van der Waals surface area contributed by atoms with Crippen molar-refractivity contribution in [2.24, 2.45) is 0 Å². The lowest BCUT2D eigenvalue weighted by Crippen LogP contribution is -3.00. The van der Waals surface area contributed by atoms with Gasteiger partial charge in [0.2, 0.25) is 5.78 Å². The Hall–Kier alpha value is -2.47. The molecule has 6 nitrogen and oxygen atoms in total. The molecule has 2 N–H and O–H groups in total. The lowest BCUT2D eigenvalue weighted by atomic mass is 10.1. The van der Waals surface area contributed by atoms with E-state index in [9.17, 15) is 14.9 Å². The Morgan fingerprint density at radius 3 is 2.40 bits per heavy atom. The van der Waals surface area contributed by atoms with Gasteiger partial charge in [-0.3, -0.25) is 20.6 Å². The van der Waals surface area contributed by atoms with E-state index in [0.717, 1.165) is 0 Å². The van der Waals surface area contributed by atoms with Crippen LogP contribution in [-0.2, 0) is 6.54 Å². The molecule has 0 aliphatic rings. The lowest BCUT2D eigenvalue weighted by Gasteiger charge is -2.02. The van der Waals surface area contributed by atoms with Crippen LogP contribution in [0, 0.1) is 10.1 Å². The number of halogens is 1. The summed E-state index contributed by atoms with van der Waals surface area (Å²) in [4.78, 5) is 22.0. The van der Waals surface area contributed by atoms with Crippen LogP contribution in [0.25, 0.3) is 0 Å². The van der Waals surface area contributed by atoms with Crippen LogP contribution in [-0.4, -0.2) is 10.7 Å². The summed E-state index contributed by atoms with van der Waals surface area (Å²) in [6.45, 7) is 0.102. The van der Waals surface area contributed by atoms with Gasteiger partial charge in [0.25, 0.3) is 11.5 Å². The second-order valence-corrected chi connectivity index (χ2v) is 3.98. The highest BCUT2D eigenvalue weighted by atomic mass is 35.5. The van der Waals surface area contributed by atoms with Gasteiger partial charge in [-0.15, -0.1) is 0 Å². The predicted octanol–water partition coefficient (Wildman–Crippen LogP) is -1.65. The summed E-state index contributed by atoms with van der Waals surface area (Å²) in [5.41, 5.74) is 6.11. The highest BCUT2D eigenvalue weighted by Crippen LogP contribution is 2.12. The van der Waals surface area contributed by atoms with E-state index in [0.29, 0.717) is 11.4 Å². The second kappa shape index (κ2) is 6.63.